The van der Waals surface area contributed by atoms with Gasteiger partial charge in [0, 0.05) is 33.4 Å². The maximum absolute atomic E-state index is 7.32. The number of hydrogen-bond acceptors (Lipinski definition) is 5. The summed E-state index contributed by atoms with van der Waals surface area (Å²) in [5.74, 6) is 0. The average Bonchev–Trinajstić information content (AvgIpc) is 2.20. The van der Waals surface area contributed by atoms with Crippen molar-refractivity contribution in [2.45, 2.75) is 34.6 Å². The van der Waals surface area contributed by atoms with Crippen LogP contribution in [0.4, 0.5) is 0 Å². The van der Waals surface area contributed by atoms with Gasteiger partial charge in [-0.1, -0.05) is 0 Å². The second-order valence-electron chi connectivity index (χ2n) is 2.46. The van der Waals surface area contributed by atoms with Crippen LogP contribution in [0, 0.1) is 11.3 Å². The Balaban J connectivity index is 0. The van der Waals surface area contributed by atoms with E-state index in [1.54, 1.807) is 6.07 Å². The Kier molecular flexibility index (Phi) is 14.1. The lowest BCUT2D eigenvalue weighted by Gasteiger charge is -2.26. The Bertz CT molecular complexity index is 155. The van der Waals surface area contributed by atoms with Crippen molar-refractivity contribution < 1.29 is 17.7 Å². The average molecular weight is 249 g/mol. The summed E-state index contributed by atoms with van der Waals surface area (Å²) in [5.41, 5.74) is 0. The molecule has 0 radical (unpaired) electrons. The summed E-state index contributed by atoms with van der Waals surface area (Å²) < 4.78 is 21.7. The van der Waals surface area contributed by atoms with Crippen LogP contribution in [0.5, 0.6) is 0 Å². The molecule has 0 bridgehead atoms. The largest absolute Gasteiger partial charge is 0.679 e. The predicted octanol–water partition coefficient (Wildman–Crippen LogP) is 2.10. The van der Waals surface area contributed by atoms with Crippen molar-refractivity contribution in [1.82, 2.24) is 0 Å². The molecule has 0 N–H and O–H groups in total. The molecular weight excluding hydrogens is 226 g/mol. The molecule has 0 atom stereocenters. The van der Waals surface area contributed by atoms with E-state index in [-0.39, 0.29) is 0 Å². The van der Waals surface area contributed by atoms with E-state index in [0.29, 0.717) is 26.4 Å². The highest BCUT2D eigenvalue weighted by Gasteiger charge is 2.44. The van der Waals surface area contributed by atoms with Gasteiger partial charge in [0.2, 0.25) is 0 Å². The van der Waals surface area contributed by atoms with Crippen molar-refractivity contribution in [1.29, 1.82) is 5.26 Å². The molecule has 16 heavy (non-hydrogen) atoms. The Morgan fingerprint density at radius 3 is 1.12 bits per heavy atom. The van der Waals surface area contributed by atoms with Gasteiger partial charge in [-0.15, -0.1) is 0 Å². The topological polar surface area (TPSA) is 60.7 Å². The van der Waals surface area contributed by atoms with E-state index in [1.165, 1.54) is 6.92 Å². The molecule has 0 saturated carbocycles. The van der Waals surface area contributed by atoms with Crippen LogP contribution in [-0.4, -0.2) is 35.5 Å². The second-order valence-corrected chi connectivity index (χ2v) is 4.61. The summed E-state index contributed by atoms with van der Waals surface area (Å²) in [6.07, 6.45) is 0. The van der Waals surface area contributed by atoms with E-state index >= 15 is 0 Å². The van der Waals surface area contributed by atoms with Crippen LogP contribution in [0.15, 0.2) is 0 Å². The molecule has 0 aliphatic heterocycles. The number of rotatable bonds is 8. The normalized spacial score (nSPS) is 10.2. The minimum atomic E-state index is -2.80. The summed E-state index contributed by atoms with van der Waals surface area (Å²) in [6, 6.07) is 1.75. The Morgan fingerprint density at radius 1 is 0.812 bits per heavy atom. The van der Waals surface area contributed by atoms with Crippen LogP contribution in [0.3, 0.4) is 0 Å². The first-order chi connectivity index (χ1) is 7.66. The van der Waals surface area contributed by atoms with Gasteiger partial charge < -0.3 is 17.7 Å². The summed E-state index contributed by atoms with van der Waals surface area (Å²) in [6.45, 7) is 11.2. The summed E-state index contributed by atoms with van der Waals surface area (Å²) >= 11 is 0. The fourth-order valence-corrected chi connectivity index (χ4v) is 2.87. The van der Waals surface area contributed by atoms with E-state index < -0.39 is 9.05 Å². The maximum atomic E-state index is 7.32. The van der Waals surface area contributed by atoms with Gasteiger partial charge in [-0.25, -0.2) is 0 Å². The van der Waals surface area contributed by atoms with Crippen LogP contribution in [-0.2, 0) is 17.7 Å². The van der Waals surface area contributed by atoms with Crippen molar-refractivity contribution in [3.05, 3.63) is 0 Å². The number of hydrogen-bond donors (Lipinski definition) is 0. The lowest BCUT2D eigenvalue weighted by molar-refractivity contribution is -0.0247. The van der Waals surface area contributed by atoms with Crippen molar-refractivity contribution in [2.24, 2.45) is 0 Å². The van der Waals surface area contributed by atoms with Gasteiger partial charge in [0.1, 0.15) is 0 Å². The first-order valence-corrected chi connectivity index (χ1v) is 7.16. The van der Waals surface area contributed by atoms with Gasteiger partial charge in [-0.05, 0) is 27.7 Å². The highest BCUT2D eigenvalue weighted by Crippen LogP contribution is 2.11. The predicted molar refractivity (Wildman–Crippen MR) is 63.5 cm³/mol. The molecule has 0 heterocycles. The lowest BCUT2D eigenvalue weighted by Crippen LogP contribution is -2.49. The van der Waals surface area contributed by atoms with E-state index in [4.69, 9.17) is 23.0 Å². The van der Waals surface area contributed by atoms with Crippen molar-refractivity contribution in [3.63, 3.8) is 0 Å². The standard InChI is InChI=1S/C8H20O4Si.C2H3N/c1-5-9-13(10-6-2,11-7-3)12-8-4;1-2-3/h5-8H2,1-4H3;1H3. The first kappa shape index (κ1) is 17.9. The fourth-order valence-electron chi connectivity index (χ4n) is 0.957. The molecule has 0 aliphatic rings. The molecule has 96 valence electrons. The molecule has 6 heteroatoms. The van der Waals surface area contributed by atoms with Crippen LogP contribution in [0.2, 0.25) is 0 Å². The molecule has 0 aromatic carbocycles. The third-order valence-electron chi connectivity index (χ3n) is 1.28. The monoisotopic (exact) mass is 249 g/mol. The van der Waals surface area contributed by atoms with Crippen molar-refractivity contribution >= 4 is 9.05 Å². The molecular formula is C10H23NO4Si. The molecule has 0 aromatic heterocycles. The molecule has 0 amide bonds. The zero-order valence-electron chi connectivity index (χ0n) is 10.9. The maximum Gasteiger partial charge on any atom is 0.679 e. The third-order valence-corrected chi connectivity index (χ3v) is 3.85. The van der Waals surface area contributed by atoms with E-state index in [2.05, 4.69) is 0 Å². The summed E-state index contributed by atoms with van der Waals surface area (Å²) in [7, 11) is -2.80. The molecule has 0 spiro atoms. The van der Waals surface area contributed by atoms with Gasteiger partial charge in [-0.2, -0.15) is 5.26 Å². The SMILES string of the molecule is CC#N.CCO[Si](OCC)(OCC)OCC. The Labute approximate surface area is 99.8 Å². The number of nitriles is 1. The highest BCUT2D eigenvalue weighted by molar-refractivity contribution is 6.53. The lowest BCUT2D eigenvalue weighted by atomic mass is 10.9. The minimum absolute atomic E-state index is 0.548. The van der Waals surface area contributed by atoms with E-state index in [1.807, 2.05) is 27.7 Å². The molecule has 0 rings (SSSR count). The second kappa shape index (κ2) is 12.6. The van der Waals surface area contributed by atoms with Gasteiger partial charge >= 0.3 is 9.05 Å². The van der Waals surface area contributed by atoms with Crippen molar-refractivity contribution in [3.8, 4) is 6.07 Å². The van der Waals surface area contributed by atoms with Gasteiger partial charge in [0.05, 0.1) is 6.07 Å². The molecule has 0 fully saturated rings. The van der Waals surface area contributed by atoms with E-state index in [9.17, 15) is 0 Å². The summed E-state index contributed by atoms with van der Waals surface area (Å²) in [4.78, 5) is 0. The van der Waals surface area contributed by atoms with Gasteiger partial charge in [-0.3, -0.25) is 0 Å². The zero-order chi connectivity index (χ0) is 12.9. The van der Waals surface area contributed by atoms with Crippen molar-refractivity contribution in [2.75, 3.05) is 26.4 Å². The Morgan fingerprint density at radius 2 is 1.00 bits per heavy atom. The molecule has 5 nitrogen and oxygen atoms in total. The van der Waals surface area contributed by atoms with Gasteiger partial charge in [0.15, 0.2) is 0 Å². The quantitative estimate of drug-likeness (QED) is 0.616. The zero-order valence-corrected chi connectivity index (χ0v) is 11.9. The van der Waals surface area contributed by atoms with Crippen LogP contribution < -0.4 is 0 Å². The van der Waals surface area contributed by atoms with Crippen LogP contribution >= 0.6 is 0 Å². The van der Waals surface area contributed by atoms with Crippen LogP contribution in [0.1, 0.15) is 34.6 Å². The first-order valence-electron chi connectivity index (χ1n) is 5.52. The smallest absolute Gasteiger partial charge is 0.351 e. The van der Waals surface area contributed by atoms with Crippen LogP contribution in [0.25, 0.3) is 0 Å². The van der Waals surface area contributed by atoms with Gasteiger partial charge in [0.25, 0.3) is 0 Å². The molecule has 0 aromatic rings. The Hall–Kier alpha value is -0.453. The third kappa shape index (κ3) is 8.82. The highest BCUT2D eigenvalue weighted by atomic mass is 28.4. The van der Waals surface area contributed by atoms with E-state index in [0.717, 1.165) is 0 Å². The molecule has 0 saturated heterocycles. The molecule has 0 unspecified atom stereocenters. The fraction of sp³-hybridized carbons (Fsp3) is 0.900. The minimum Gasteiger partial charge on any atom is -0.351 e. The number of nitrogens with zero attached hydrogens (tertiary/aromatic N) is 1. The summed E-state index contributed by atoms with van der Waals surface area (Å²) in [5, 5.41) is 7.32. The molecule has 0 aliphatic carbocycles.